The number of carbonyl (C=O) groups is 1. The fourth-order valence-corrected chi connectivity index (χ4v) is 4.11. The molecule has 0 N–H and O–H groups in total. The molecule has 0 radical (unpaired) electrons. The van der Waals surface area contributed by atoms with E-state index in [1.54, 1.807) is 0 Å². The Hall–Kier alpha value is -1.92. The van der Waals surface area contributed by atoms with E-state index in [-0.39, 0.29) is 17.9 Å². The first-order chi connectivity index (χ1) is 12.6. The highest BCUT2D eigenvalue weighted by Crippen LogP contribution is 2.31. The molecule has 6 heteroatoms. The van der Waals surface area contributed by atoms with Crippen molar-refractivity contribution < 1.29 is 9.53 Å². The van der Waals surface area contributed by atoms with E-state index in [2.05, 4.69) is 41.5 Å². The van der Waals surface area contributed by atoms with Crippen LogP contribution >= 0.6 is 0 Å². The molecule has 3 heterocycles. The van der Waals surface area contributed by atoms with E-state index in [1.165, 1.54) is 5.52 Å². The number of aromatic nitrogens is 2. The highest BCUT2D eigenvalue weighted by Gasteiger charge is 2.35. The van der Waals surface area contributed by atoms with Gasteiger partial charge in [0.2, 0.25) is 5.91 Å². The van der Waals surface area contributed by atoms with E-state index in [1.807, 2.05) is 11.0 Å². The number of fused-ring (bicyclic) bond motifs is 1. The van der Waals surface area contributed by atoms with Crippen molar-refractivity contribution in [2.24, 2.45) is 0 Å². The number of morpholine rings is 1. The Balaban J connectivity index is 1.60. The summed E-state index contributed by atoms with van der Waals surface area (Å²) in [6.07, 6.45) is 0.569. The van der Waals surface area contributed by atoms with Crippen molar-refractivity contribution in [1.82, 2.24) is 19.4 Å². The average molecular weight is 356 g/mol. The molecule has 26 heavy (non-hydrogen) atoms. The number of rotatable bonds is 5. The summed E-state index contributed by atoms with van der Waals surface area (Å²) >= 11 is 0. The molecule has 1 aromatic carbocycles. The second-order valence-corrected chi connectivity index (χ2v) is 7.61. The molecule has 2 aromatic rings. The zero-order valence-electron chi connectivity index (χ0n) is 15.7. The van der Waals surface area contributed by atoms with Crippen molar-refractivity contribution in [3.8, 4) is 0 Å². The molecule has 2 aliphatic rings. The Bertz CT molecular complexity index is 779. The van der Waals surface area contributed by atoms with E-state index in [0.717, 1.165) is 57.3 Å². The summed E-state index contributed by atoms with van der Waals surface area (Å²) in [6.45, 7) is 10.5. The van der Waals surface area contributed by atoms with Crippen LogP contribution in [-0.2, 0) is 16.1 Å². The molecule has 2 saturated heterocycles. The minimum Gasteiger partial charge on any atom is -0.379 e. The van der Waals surface area contributed by atoms with E-state index < -0.39 is 0 Å². The molecule has 6 nitrogen and oxygen atoms in total. The van der Waals surface area contributed by atoms with Crippen LogP contribution in [0.2, 0.25) is 0 Å². The van der Waals surface area contributed by atoms with Crippen LogP contribution in [0, 0.1) is 0 Å². The number of para-hydroxylation sites is 2. The number of nitrogens with zero attached hydrogens (tertiary/aromatic N) is 4. The van der Waals surface area contributed by atoms with Crippen molar-refractivity contribution in [3.05, 3.63) is 30.1 Å². The molecule has 0 aliphatic carbocycles. The van der Waals surface area contributed by atoms with Gasteiger partial charge in [-0.1, -0.05) is 12.1 Å². The Morgan fingerprint density at radius 3 is 2.69 bits per heavy atom. The van der Waals surface area contributed by atoms with Gasteiger partial charge in [-0.25, -0.2) is 4.98 Å². The smallest absolute Gasteiger partial charge is 0.223 e. The third-order valence-electron chi connectivity index (χ3n) is 5.57. The molecule has 4 rings (SSSR count). The van der Waals surface area contributed by atoms with Gasteiger partial charge in [0.05, 0.1) is 24.2 Å². The second kappa shape index (κ2) is 7.37. The lowest BCUT2D eigenvalue weighted by Crippen LogP contribution is -2.38. The number of imidazole rings is 1. The van der Waals surface area contributed by atoms with Gasteiger partial charge >= 0.3 is 0 Å². The summed E-state index contributed by atoms with van der Waals surface area (Å²) in [5.74, 6) is 1.50. The number of hydrogen-bond acceptors (Lipinski definition) is 4. The quantitative estimate of drug-likeness (QED) is 0.823. The number of amides is 1. The van der Waals surface area contributed by atoms with E-state index in [9.17, 15) is 4.79 Å². The maximum Gasteiger partial charge on any atom is 0.223 e. The lowest BCUT2D eigenvalue weighted by Gasteiger charge is -2.27. The van der Waals surface area contributed by atoms with Gasteiger partial charge in [0.25, 0.3) is 0 Å². The van der Waals surface area contributed by atoms with Crippen LogP contribution in [0.3, 0.4) is 0 Å². The third-order valence-corrected chi connectivity index (χ3v) is 5.57. The van der Waals surface area contributed by atoms with Crippen molar-refractivity contribution in [2.45, 2.75) is 38.8 Å². The van der Waals surface area contributed by atoms with Crippen LogP contribution in [-0.4, -0.2) is 70.7 Å². The van der Waals surface area contributed by atoms with E-state index in [0.29, 0.717) is 6.42 Å². The second-order valence-electron chi connectivity index (χ2n) is 7.61. The zero-order valence-corrected chi connectivity index (χ0v) is 15.7. The molecule has 2 aliphatic heterocycles. The molecular weight excluding hydrogens is 328 g/mol. The maximum atomic E-state index is 12.4. The normalized spacial score (nSPS) is 22.0. The average Bonchev–Trinajstić information content (AvgIpc) is 3.21. The first-order valence-electron chi connectivity index (χ1n) is 9.68. The predicted octanol–water partition coefficient (Wildman–Crippen LogP) is 2.09. The summed E-state index contributed by atoms with van der Waals surface area (Å²) in [5.41, 5.74) is 2.20. The fraction of sp³-hybridized carbons (Fsp3) is 0.600. The topological polar surface area (TPSA) is 50.6 Å². The SMILES string of the molecule is CC(C)N1C[C@H](c2nc3ccccc3n2CCN2CCOCC2)CC1=O. The number of ether oxygens (including phenoxy) is 1. The van der Waals surface area contributed by atoms with Crippen molar-refractivity contribution in [3.63, 3.8) is 0 Å². The molecule has 2 fully saturated rings. The van der Waals surface area contributed by atoms with Gasteiger partial charge in [0.15, 0.2) is 0 Å². The summed E-state index contributed by atoms with van der Waals surface area (Å²) in [7, 11) is 0. The predicted molar refractivity (Wildman–Crippen MR) is 101 cm³/mol. The number of hydrogen-bond donors (Lipinski definition) is 0. The molecule has 0 saturated carbocycles. The molecule has 1 amide bonds. The zero-order chi connectivity index (χ0) is 18.1. The lowest BCUT2D eigenvalue weighted by atomic mass is 10.1. The minimum atomic E-state index is 0.182. The van der Waals surface area contributed by atoms with Crippen LogP contribution < -0.4 is 0 Å². The van der Waals surface area contributed by atoms with E-state index >= 15 is 0 Å². The Morgan fingerprint density at radius 1 is 1.19 bits per heavy atom. The molecule has 140 valence electrons. The molecular formula is C20H28N4O2. The standard InChI is InChI=1S/C20H28N4O2/c1-15(2)24-14-16(13-19(24)25)20-21-17-5-3-4-6-18(17)23(20)8-7-22-9-11-26-12-10-22/h3-6,15-16H,7-14H2,1-2H3/t16-/m1/s1. The molecule has 1 aromatic heterocycles. The molecule has 1 atom stereocenters. The highest BCUT2D eigenvalue weighted by molar-refractivity contribution is 5.81. The fourth-order valence-electron chi connectivity index (χ4n) is 4.11. The number of likely N-dealkylation sites (tertiary alicyclic amines) is 1. The van der Waals surface area contributed by atoms with Crippen LogP contribution in [0.5, 0.6) is 0 Å². The molecule has 0 bridgehead atoms. The Labute approximate surface area is 154 Å². The largest absolute Gasteiger partial charge is 0.379 e. The minimum absolute atomic E-state index is 0.182. The van der Waals surface area contributed by atoms with Gasteiger partial charge in [0, 0.05) is 51.1 Å². The molecule has 0 unspecified atom stereocenters. The van der Waals surface area contributed by atoms with E-state index in [4.69, 9.17) is 9.72 Å². The highest BCUT2D eigenvalue weighted by atomic mass is 16.5. The van der Waals surface area contributed by atoms with Crippen LogP contribution in [0.4, 0.5) is 0 Å². The van der Waals surface area contributed by atoms with Crippen molar-refractivity contribution in [2.75, 3.05) is 39.4 Å². The van der Waals surface area contributed by atoms with Gasteiger partial charge in [-0.2, -0.15) is 0 Å². The molecule has 0 spiro atoms. The first-order valence-corrected chi connectivity index (χ1v) is 9.68. The summed E-state index contributed by atoms with van der Waals surface area (Å²) in [4.78, 5) is 21.8. The van der Waals surface area contributed by atoms with Crippen LogP contribution in [0.15, 0.2) is 24.3 Å². The van der Waals surface area contributed by atoms with Crippen LogP contribution in [0.1, 0.15) is 32.0 Å². The van der Waals surface area contributed by atoms with Gasteiger partial charge in [-0.15, -0.1) is 0 Å². The summed E-state index contributed by atoms with van der Waals surface area (Å²) < 4.78 is 7.79. The lowest BCUT2D eigenvalue weighted by molar-refractivity contribution is -0.129. The third kappa shape index (κ3) is 3.35. The Morgan fingerprint density at radius 2 is 1.96 bits per heavy atom. The summed E-state index contributed by atoms with van der Waals surface area (Å²) in [6, 6.07) is 8.56. The van der Waals surface area contributed by atoms with Gasteiger partial charge in [-0.3, -0.25) is 9.69 Å². The Kier molecular flexibility index (Phi) is 4.96. The van der Waals surface area contributed by atoms with Crippen molar-refractivity contribution >= 4 is 16.9 Å². The number of carbonyl (C=O) groups excluding carboxylic acids is 1. The van der Waals surface area contributed by atoms with Gasteiger partial charge in [0.1, 0.15) is 5.82 Å². The van der Waals surface area contributed by atoms with Gasteiger partial charge < -0.3 is 14.2 Å². The first kappa shape index (κ1) is 17.5. The van der Waals surface area contributed by atoms with Crippen LogP contribution in [0.25, 0.3) is 11.0 Å². The number of benzene rings is 1. The summed E-state index contributed by atoms with van der Waals surface area (Å²) in [5, 5.41) is 0. The van der Waals surface area contributed by atoms with Crippen molar-refractivity contribution in [1.29, 1.82) is 0 Å². The maximum absolute atomic E-state index is 12.4. The monoisotopic (exact) mass is 356 g/mol. The van der Waals surface area contributed by atoms with Gasteiger partial charge in [-0.05, 0) is 26.0 Å².